The number of nitrogens with zero attached hydrogens (tertiary/aromatic N) is 3. The van der Waals surface area contributed by atoms with Crippen molar-refractivity contribution >= 4 is 25.3 Å². The van der Waals surface area contributed by atoms with Gasteiger partial charge in [-0.1, -0.05) is 39.0 Å². The molecule has 0 saturated carbocycles. The molecule has 2 N–H and O–H groups in total. The second kappa shape index (κ2) is 11.4. The molecule has 0 radical (unpaired) electrons. The van der Waals surface area contributed by atoms with Crippen LogP contribution in [0.25, 0.3) is 11.0 Å². The van der Waals surface area contributed by atoms with E-state index in [2.05, 4.69) is 60.1 Å². The first-order valence-corrected chi connectivity index (χ1v) is 16.4. The number of nitrogens with one attached hydrogen (secondary N) is 2. The van der Waals surface area contributed by atoms with E-state index < -0.39 is 14.2 Å². The van der Waals surface area contributed by atoms with Gasteiger partial charge in [-0.15, -0.1) is 0 Å². The Morgan fingerprint density at radius 1 is 1.26 bits per heavy atom. The number of aromatic nitrogens is 2. The Kier molecular flexibility index (Phi) is 8.40. The summed E-state index contributed by atoms with van der Waals surface area (Å²) in [6, 6.07) is 15.3. The fourth-order valence-electron chi connectivity index (χ4n) is 5.15. The van der Waals surface area contributed by atoms with Gasteiger partial charge in [0.1, 0.15) is 0 Å². The maximum atomic E-state index is 13.5. The van der Waals surface area contributed by atoms with Crippen LogP contribution in [0.4, 0.5) is 0 Å². The molecule has 3 aromatic rings. The van der Waals surface area contributed by atoms with E-state index in [0.29, 0.717) is 23.1 Å². The average molecular weight is 546 g/mol. The number of carbonyl (C=O) groups excluding carboxylic acids is 1. The number of H-pyrrole nitrogens is 1. The summed E-state index contributed by atoms with van der Waals surface area (Å²) in [7, 11) is -0.266. The van der Waals surface area contributed by atoms with E-state index in [-0.39, 0.29) is 28.5 Å². The summed E-state index contributed by atoms with van der Waals surface area (Å²) in [5, 5.41) is 12.6. The fourth-order valence-corrected chi connectivity index (χ4v) is 6.53. The number of hydrogen-bond acceptors (Lipinski definition) is 6. The number of carbonyl (C=O) groups is 1. The number of hydrogen-bond donors (Lipinski definition) is 2. The lowest BCUT2D eigenvalue weighted by Gasteiger charge is -2.38. The zero-order valence-corrected chi connectivity index (χ0v) is 24.7. The molecule has 8 nitrogen and oxygen atoms in total. The van der Waals surface area contributed by atoms with Crippen LogP contribution in [0.5, 0.6) is 0 Å². The fraction of sp³-hybridized carbons (Fsp3) is 0.467. The highest BCUT2D eigenvalue weighted by molar-refractivity contribution is 6.74. The van der Waals surface area contributed by atoms with E-state index in [1.807, 2.05) is 36.4 Å². The highest BCUT2D eigenvalue weighted by Crippen LogP contribution is 2.39. The highest BCUT2D eigenvalue weighted by atomic mass is 28.4. The molecule has 39 heavy (non-hydrogen) atoms. The third kappa shape index (κ3) is 6.47. The molecular weight excluding hydrogens is 506 g/mol. The van der Waals surface area contributed by atoms with Crippen LogP contribution < -0.4 is 10.9 Å². The van der Waals surface area contributed by atoms with Gasteiger partial charge in [-0.25, -0.2) is 4.98 Å². The predicted octanol–water partition coefficient (Wildman–Crippen LogP) is 4.50. The highest BCUT2D eigenvalue weighted by Gasteiger charge is 2.41. The number of fused-ring (bicyclic) bond motifs is 1. The summed E-state index contributed by atoms with van der Waals surface area (Å²) >= 11 is 0. The second-order valence-electron chi connectivity index (χ2n) is 12.0. The standard InChI is InChI=1S/C30H39N5O3Si/c1-30(2,3)39(5,6)38-23-12-13-35(18-23)19-24(21-9-7-8-20(14-21)16-31)28(29(37)32-4)22-10-11-25-26(15-22)34-27(36)17-33-25/h7-11,14-15,17,23-24,28H,12-13,18-19H2,1-6H3,(H,32,37)(H,34,36)/t23-,24+,28?/m0/s1. The molecule has 1 unspecified atom stereocenters. The van der Waals surface area contributed by atoms with Crippen molar-refractivity contribution in [3.63, 3.8) is 0 Å². The summed E-state index contributed by atoms with van der Waals surface area (Å²) in [5.41, 5.74) is 3.21. The van der Waals surface area contributed by atoms with Crippen molar-refractivity contribution in [3.05, 3.63) is 75.7 Å². The van der Waals surface area contributed by atoms with Gasteiger partial charge in [0.05, 0.1) is 40.9 Å². The maximum Gasteiger partial charge on any atom is 0.266 e. The number of rotatable bonds is 8. The zero-order valence-electron chi connectivity index (χ0n) is 23.7. The third-order valence-electron chi connectivity index (χ3n) is 8.29. The van der Waals surface area contributed by atoms with Gasteiger partial charge in [0.2, 0.25) is 5.91 Å². The normalized spacial score (nSPS) is 18.0. The molecule has 0 bridgehead atoms. The number of nitriles is 1. The molecule has 1 aromatic heterocycles. The molecule has 1 saturated heterocycles. The van der Waals surface area contributed by atoms with E-state index in [1.54, 1.807) is 13.1 Å². The van der Waals surface area contributed by atoms with E-state index in [0.717, 1.165) is 30.6 Å². The van der Waals surface area contributed by atoms with Crippen LogP contribution in [-0.4, -0.2) is 61.9 Å². The van der Waals surface area contributed by atoms with Gasteiger partial charge >= 0.3 is 0 Å². The van der Waals surface area contributed by atoms with Crippen LogP contribution in [0.2, 0.25) is 18.1 Å². The molecule has 1 amide bonds. The van der Waals surface area contributed by atoms with Crippen LogP contribution >= 0.6 is 0 Å². The minimum atomic E-state index is -1.91. The van der Waals surface area contributed by atoms with Crippen molar-refractivity contribution in [3.8, 4) is 6.07 Å². The van der Waals surface area contributed by atoms with Crippen molar-refractivity contribution in [2.75, 3.05) is 26.7 Å². The van der Waals surface area contributed by atoms with Gasteiger partial charge in [0, 0.05) is 32.6 Å². The smallest absolute Gasteiger partial charge is 0.266 e. The van der Waals surface area contributed by atoms with E-state index in [9.17, 15) is 14.9 Å². The lowest BCUT2D eigenvalue weighted by molar-refractivity contribution is -0.122. The van der Waals surface area contributed by atoms with E-state index in [4.69, 9.17) is 4.43 Å². The monoisotopic (exact) mass is 545 g/mol. The van der Waals surface area contributed by atoms with Crippen molar-refractivity contribution in [2.45, 2.75) is 63.3 Å². The Morgan fingerprint density at radius 2 is 2.03 bits per heavy atom. The summed E-state index contributed by atoms with van der Waals surface area (Å²) in [5.74, 6) is -0.899. The minimum absolute atomic E-state index is 0.124. The Labute approximate surface area is 231 Å². The molecule has 2 aromatic carbocycles. The van der Waals surface area contributed by atoms with Crippen LogP contribution in [-0.2, 0) is 9.22 Å². The summed E-state index contributed by atoms with van der Waals surface area (Å²) in [6.07, 6.45) is 2.36. The van der Waals surface area contributed by atoms with Crippen molar-refractivity contribution in [2.24, 2.45) is 0 Å². The Bertz CT molecular complexity index is 1440. The van der Waals surface area contributed by atoms with Crippen LogP contribution in [0.15, 0.2) is 53.5 Å². The van der Waals surface area contributed by atoms with Crippen molar-refractivity contribution in [1.82, 2.24) is 20.2 Å². The lowest BCUT2D eigenvalue weighted by atomic mass is 9.79. The zero-order chi connectivity index (χ0) is 28.4. The first-order valence-electron chi connectivity index (χ1n) is 13.5. The molecule has 4 rings (SSSR count). The quantitative estimate of drug-likeness (QED) is 0.403. The minimum Gasteiger partial charge on any atom is -0.413 e. The molecule has 3 atom stereocenters. The molecular formula is C30H39N5O3Si. The summed E-state index contributed by atoms with van der Waals surface area (Å²) in [4.78, 5) is 34.9. The summed E-state index contributed by atoms with van der Waals surface area (Å²) in [6.45, 7) is 13.6. The molecule has 206 valence electrons. The number of benzene rings is 2. The molecule has 1 fully saturated rings. The van der Waals surface area contributed by atoms with Gasteiger partial charge in [-0.2, -0.15) is 5.26 Å². The first kappa shape index (κ1) is 28.7. The number of amides is 1. The second-order valence-corrected chi connectivity index (χ2v) is 16.8. The first-order chi connectivity index (χ1) is 18.4. The van der Waals surface area contributed by atoms with Crippen LogP contribution in [0.3, 0.4) is 0 Å². The van der Waals surface area contributed by atoms with Gasteiger partial charge in [0.25, 0.3) is 5.56 Å². The van der Waals surface area contributed by atoms with Crippen molar-refractivity contribution in [1.29, 1.82) is 5.26 Å². The number of likely N-dealkylation sites (tertiary alicyclic amines) is 1. The summed E-state index contributed by atoms with van der Waals surface area (Å²) < 4.78 is 6.72. The largest absolute Gasteiger partial charge is 0.413 e. The molecule has 2 heterocycles. The molecule has 9 heteroatoms. The Morgan fingerprint density at radius 3 is 2.72 bits per heavy atom. The number of likely N-dealkylation sites (N-methyl/N-ethyl adjacent to an activating group) is 1. The molecule has 0 spiro atoms. The Balaban J connectivity index is 1.70. The van der Waals surface area contributed by atoms with Crippen molar-refractivity contribution < 1.29 is 9.22 Å². The molecule has 1 aliphatic rings. The lowest BCUT2D eigenvalue weighted by Crippen LogP contribution is -2.44. The maximum absolute atomic E-state index is 13.5. The average Bonchev–Trinajstić information content (AvgIpc) is 3.33. The van der Waals surface area contributed by atoms with Gasteiger partial charge in [-0.3, -0.25) is 9.59 Å². The predicted molar refractivity (Wildman–Crippen MR) is 156 cm³/mol. The van der Waals surface area contributed by atoms with Crippen LogP contribution in [0.1, 0.15) is 55.7 Å². The van der Waals surface area contributed by atoms with Gasteiger partial charge < -0.3 is 19.6 Å². The van der Waals surface area contributed by atoms with E-state index in [1.165, 1.54) is 6.20 Å². The SMILES string of the molecule is CNC(=O)C(c1ccc2ncc(=O)[nH]c2c1)[C@H](CN1CC[C@H](O[Si](C)(C)C(C)(C)C)C1)c1cccc(C#N)c1. The van der Waals surface area contributed by atoms with Crippen LogP contribution in [0, 0.1) is 11.3 Å². The molecule has 1 aliphatic heterocycles. The van der Waals surface area contributed by atoms with Gasteiger partial charge in [-0.05, 0) is 59.9 Å². The third-order valence-corrected chi connectivity index (χ3v) is 12.8. The number of aromatic amines is 1. The Hall–Kier alpha value is -3.32. The topological polar surface area (TPSA) is 111 Å². The van der Waals surface area contributed by atoms with E-state index >= 15 is 0 Å². The molecule has 0 aliphatic carbocycles. The van der Waals surface area contributed by atoms with Gasteiger partial charge in [0.15, 0.2) is 8.32 Å².